The Morgan fingerprint density at radius 3 is 2.49 bits per heavy atom. The summed E-state index contributed by atoms with van der Waals surface area (Å²) in [4.78, 5) is -0.625. The first kappa shape index (κ1) is 26.8. The molecular weight excluding hydrogens is 526 g/mol. The predicted octanol–water partition coefficient (Wildman–Crippen LogP) is 5.57. The molecule has 0 radical (unpaired) electrons. The first-order valence-electron chi connectivity index (χ1n) is 10.8. The summed E-state index contributed by atoms with van der Waals surface area (Å²) in [6.45, 7) is -1.98. The van der Waals surface area contributed by atoms with Crippen LogP contribution in [0.1, 0.15) is 17.2 Å². The fourth-order valence-corrected chi connectivity index (χ4v) is 4.94. The van der Waals surface area contributed by atoms with Crippen molar-refractivity contribution in [1.82, 2.24) is 5.32 Å². The van der Waals surface area contributed by atoms with E-state index in [-0.39, 0.29) is 16.8 Å². The van der Waals surface area contributed by atoms with Crippen molar-refractivity contribution in [2.75, 3.05) is 24.4 Å². The number of hydrogen-bond acceptors (Lipinski definition) is 5. The molecule has 6 nitrogen and oxygen atoms in total. The number of rotatable bonds is 7. The van der Waals surface area contributed by atoms with E-state index in [2.05, 4.69) is 14.8 Å². The highest BCUT2D eigenvalue weighted by Crippen LogP contribution is 2.35. The van der Waals surface area contributed by atoms with Gasteiger partial charge in [0, 0.05) is 24.7 Å². The third-order valence-corrected chi connectivity index (χ3v) is 6.84. The van der Waals surface area contributed by atoms with E-state index in [1.165, 1.54) is 18.2 Å². The van der Waals surface area contributed by atoms with Gasteiger partial charge >= 0.3 is 12.8 Å². The van der Waals surface area contributed by atoms with Crippen molar-refractivity contribution < 1.29 is 44.2 Å². The summed E-state index contributed by atoms with van der Waals surface area (Å²) < 4.78 is 117. The van der Waals surface area contributed by atoms with Crippen molar-refractivity contribution in [2.45, 2.75) is 23.8 Å². The number of benzene rings is 3. The van der Waals surface area contributed by atoms with Gasteiger partial charge in [0.15, 0.2) is 0 Å². The standard InChI is InChI=1S/C24H20F6N2O4S/c25-17-8-15(9-18(12-17)36-23(26)27)14-4-5-20(22-13-31-6-7-35-22)21(10-14)32-37(33,34)19-3-1-2-16(11-19)24(28,29)30/h1-5,8-12,22-23,31-32H,6-7,13H2. The van der Waals surface area contributed by atoms with Gasteiger partial charge in [0.05, 0.1) is 28.9 Å². The molecule has 0 saturated carbocycles. The van der Waals surface area contributed by atoms with E-state index >= 15 is 0 Å². The Balaban J connectivity index is 1.77. The number of ether oxygens (including phenoxy) is 2. The van der Waals surface area contributed by atoms with Crippen molar-refractivity contribution in [1.29, 1.82) is 0 Å². The molecule has 2 N–H and O–H groups in total. The molecule has 1 unspecified atom stereocenters. The fraction of sp³-hybridized carbons (Fsp3) is 0.250. The van der Waals surface area contributed by atoms with Crippen molar-refractivity contribution in [3.05, 3.63) is 77.6 Å². The molecule has 0 amide bonds. The zero-order chi connectivity index (χ0) is 26.8. The molecule has 0 aromatic heterocycles. The van der Waals surface area contributed by atoms with Crippen LogP contribution in [-0.4, -0.2) is 34.7 Å². The number of anilines is 1. The SMILES string of the molecule is O=S(=O)(Nc1cc(-c2cc(F)cc(OC(F)F)c2)ccc1C1CNCCO1)c1cccc(C(F)(F)F)c1. The quantitative estimate of drug-likeness (QED) is 0.379. The van der Waals surface area contributed by atoms with Crippen LogP contribution in [0, 0.1) is 5.82 Å². The monoisotopic (exact) mass is 546 g/mol. The molecule has 0 bridgehead atoms. The zero-order valence-electron chi connectivity index (χ0n) is 18.9. The van der Waals surface area contributed by atoms with Gasteiger partial charge in [-0.15, -0.1) is 0 Å². The molecular formula is C24H20F6N2O4S. The number of halogens is 6. The van der Waals surface area contributed by atoms with Gasteiger partial charge in [0.1, 0.15) is 11.6 Å². The predicted molar refractivity (Wildman–Crippen MR) is 122 cm³/mol. The number of morpholine rings is 1. The van der Waals surface area contributed by atoms with E-state index in [0.717, 1.165) is 36.4 Å². The zero-order valence-corrected chi connectivity index (χ0v) is 19.7. The van der Waals surface area contributed by atoms with Crippen LogP contribution in [0.5, 0.6) is 5.75 Å². The highest BCUT2D eigenvalue weighted by molar-refractivity contribution is 7.92. The Morgan fingerprint density at radius 1 is 1.03 bits per heavy atom. The minimum absolute atomic E-state index is 0.0378. The summed E-state index contributed by atoms with van der Waals surface area (Å²) in [5.41, 5.74) is -0.482. The molecule has 13 heteroatoms. The van der Waals surface area contributed by atoms with E-state index in [0.29, 0.717) is 31.3 Å². The van der Waals surface area contributed by atoms with Crippen LogP contribution in [0.4, 0.5) is 32.0 Å². The third kappa shape index (κ3) is 6.53. The summed E-state index contributed by atoms with van der Waals surface area (Å²) in [6, 6.07) is 10.5. The van der Waals surface area contributed by atoms with Gasteiger partial charge in [-0.25, -0.2) is 12.8 Å². The lowest BCUT2D eigenvalue weighted by Gasteiger charge is -2.26. The lowest BCUT2D eigenvalue weighted by Crippen LogP contribution is -2.33. The molecule has 1 aliphatic rings. The molecule has 37 heavy (non-hydrogen) atoms. The Kier molecular flexibility index (Phi) is 7.67. The Hall–Kier alpha value is -3.29. The number of hydrogen-bond donors (Lipinski definition) is 2. The van der Waals surface area contributed by atoms with Gasteiger partial charge in [-0.1, -0.05) is 18.2 Å². The van der Waals surface area contributed by atoms with Crippen LogP contribution < -0.4 is 14.8 Å². The van der Waals surface area contributed by atoms with Crippen LogP contribution in [-0.2, 0) is 20.9 Å². The molecule has 1 heterocycles. The summed E-state index contributed by atoms with van der Waals surface area (Å²) in [5, 5.41) is 3.09. The number of sulfonamides is 1. The Labute approximate surface area is 208 Å². The second-order valence-electron chi connectivity index (χ2n) is 8.05. The maximum Gasteiger partial charge on any atom is 0.416 e. The van der Waals surface area contributed by atoms with Crippen LogP contribution in [0.25, 0.3) is 11.1 Å². The third-order valence-electron chi connectivity index (χ3n) is 5.47. The van der Waals surface area contributed by atoms with Gasteiger partial charge in [0.2, 0.25) is 0 Å². The molecule has 1 fully saturated rings. The number of nitrogens with one attached hydrogen (secondary N) is 2. The van der Waals surface area contributed by atoms with Crippen molar-refractivity contribution in [2.24, 2.45) is 0 Å². The Morgan fingerprint density at radius 2 is 1.81 bits per heavy atom. The molecule has 1 aliphatic heterocycles. The maximum absolute atomic E-state index is 14.1. The molecule has 198 valence electrons. The molecule has 1 saturated heterocycles. The van der Waals surface area contributed by atoms with E-state index < -0.39 is 50.9 Å². The first-order chi connectivity index (χ1) is 17.4. The molecule has 1 atom stereocenters. The minimum atomic E-state index is -4.76. The minimum Gasteiger partial charge on any atom is -0.435 e. The Bertz CT molecular complexity index is 1380. The molecule has 3 aromatic carbocycles. The van der Waals surface area contributed by atoms with Gasteiger partial charge in [-0.05, 0) is 47.5 Å². The van der Waals surface area contributed by atoms with Gasteiger partial charge in [0.25, 0.3) is 10.0 Å². The maximum atomic E-state index is 14.1. The summed E-state index contributed by atoms with van der Waals surface area (Å²) in [5.74, 6) is -1.32. The van der Waals surface area contributed by atoms with Crippen LogP contribution in [0.2, 0.25) is 0 Å². The highest BCUT2D eigenvalue weighted by atomic mass is 32.2. The molecule has 4 rings (SSSR count). The van der Waals surface area contributed by atoms with Crippen LogP contribution in [0.15, 0.2) is 65.6 Å². The topological polar surface area (TPSA) is 76.7 Å². The lowest BCUT2D eigenvalue weighted by atomic mass is 9.99. The average Bonchev–Trinajstić information content (AvgIpc) is 2.83. The van der Waals surface area contributed by atoms with Crippen molar-refractivity contribution in [3.63, 3.8) is 0 Å². The molecule has 0 spiro atoms. The summed E-state index contributed by atoms with van der Waals surface area (Å²) in [6.07, 6.45) is -5.36. The smallest absolute Gasteiger partial charge is 0.416 e. The normalized spacial score (nSPS) is 16.6. The van der Waals surface area contributed by atoms with Gasteiger partial charge < -0.3 is 14.8 Å². The van der Waals surface area contributed by atoms with Crippen molar-refractivity contribution in [3.8, 4) is 16.9 Å². The van der Waals surface area contributed by atoms with E-state index in [9.17, 15) is 34.8 Å². The molecule has 0 aliphatic carbocycles. The second kappa shape index (κ2) is 10.6. The van der Waals surface area contributed by atoms with Gasteiger partial charge in [-0.2, -0.15) is 22.0 Å². The summed E-state index contributed by atoms with van der Waals surface area (Å²) in [7, 11) is -4.51. The lowest BCUT2D eigenvalue weighted by molar-refractivity contribution is -0.137. The van der Waals surface area contributed by atoms with Crippen molar-refractivity contribution >= 4 is 15.7 Å². The molecule has 3 aromatic rings. The number of alkyl halides is 5. The fourth-order valence-electron chi connectivity index (χ4n) is 3.81. The van der Waals surface area contributed by atoms with Crippen LogP contribution >= 0.6 is 0 Å². The van der Waals surface area contributed by atoms with E-state index in [1.54, 1.807) is 0 Å². The second-order valence-corrected chi connectivity index (χ2v) is 9.73. The summed E-state index contributed by atoms with van der Waals surface area (Å²) >= 11 is 0. The largest absolute Gasteiger partial charge is 0.435 e. The first-order valence-corrected chi connectivity index (χ1v) is 12.3. The van der Waals surface area contributed by atoms with E-state index in [4.69, 9.17) is 4.74 Å². The van der Waals surface area contributed by atoms with Gasteiger partial charge in [-0.3, -0.25) is 4.72 Å². The van der Waals surface area contributed by atoms with E-state index in [1.807, 2.05) is 0 Å². The van der Waals surface area contributed by atoms with Crippen LogP contribution in [0.3, 0.4) is 0 Å². The average molecular weight is 546 g/mol. The highest BCUT2D eigenvalue weighted by Gasteiger charge is 2.32.